The summed E-state index contributed by atoms with van der Waals surface area (Å²) < 4.78 is 1.83. The van der Waals surface area contributed by atoms with E-state index in [1.54, 1.807) is 0 Å². The average Bonchev–Trinajstić information content (AvgIpc) is 1.93. The minimum atomic E-state index is -1.98. The number of hydrogen-bond acceptors (Lipinski definition) is 0. The summed E-state index contributed by atoms with van der Waals surface area (Å²) in [6.45, 7) is 19.5. The van der Waals surface area contributed by atoms with E-state index in [1.165, 1.54) is 0 Å². The summed E-state index contributed by atoms with van der Waals surface area (Å²) in [5.41, 5.74) is 3.12. The summed E-state index contributed by atoms with van der Waals surface area (Å²) in [6, 6.07) is 0. The molecule has 0 fully saturated rings. The first kappa shape index (κ1) is 17.8. The molecule has 0 aromatic heterocycles. The van der Waals surface area contributed by atoms with Crippen molar-refractivity contribution in [3.05, 3.63) is 9.29 Å². The van der Waals surface area contributed by atoms with Crippen LogP contribution in [0, 0.1) is 5.41 Å². The van der Waals surface area contributed by atoms with Gasteiger partial charge >= 0.3 is 116 Å². The SMILES string of the molecule is CC(C)(C)/[C](=C/[Si](C)(C)C(C)(C)C)[Sn]([CH3])([CH3])[CH3]. The Hall–Kier alpha value is 0.756. The zero-order valence-corrected chi connectivity index (χ0v) is 17.9. The molecule has 102 valence electrons. The maximum absolute atomic E-state index is 2.75. The molecule has 2 heteroatoms. The topological polar surface area (TPSA) is 0 Å². The molecular weight excluding hydrogens is 327 g/mol. The van der Waals surface area contributed by atoms with Gasteiger partial charge in [0.25, 0.3) is 0 Å². The van der Waals surface area contributed by atoms with Crippen molar-refractivity contribution in [3.63, 3.8) is 0 Å². The van der Waals surface area contributed by atoms with Crippen LogP contribution in [0.2, 0.25) is 33.0 Å². The van der Waals surface area contributed by atoms with Crippen molar-refractivity contribution in [2.24, 2.45) is 5.41 Å². The van der Waals surface area contributed by atoms with Gasteiger partial charge in [-0.05, 0) is 0 Å². The van der Waals surface area contributed by atoms with Crippen molar-refractivity contribution in [3.8, 4) is 0 Å². The molecule has 0 aliphatic carbocycles. The van der Waals surface area contributed by atoms with Gasteiger partial charge in [0.1, 0.15) is 0 Å². The molecule has 0 aromatic carbocycles. The van der Waals surface area contributed by atoms with Gasteiger partial charge in [0.15, 0.2) is 0 Å². The third-order valence-corrected chi connectivity index (χ3v) is 16.9. The van der Waals surface area contributed by atoms with Crippen molar-refractivity contribution in [2.75, 3.05) is 0 Å². The second-order valence-electron chi connectivity index (χ2n) is 9.03. The Bertz CT molecular complexity index is 276. The molecule has 0 atom stereocenters. The molecule has 0 unspecified atom stereocenters. The van der Waals surface area contributed by atoms with Crippen LogP contribution in [0.5, 0.6) is 0 Å². The maximum atomic E-state index is 2.75. The van der Waals surface area contributed by atoms with Gasteiger partial charge in [-0.3, -0.25) is 0 Å². The van der Waals surface area contributed by atoms with Gasteiger partial charge in [-0.25, -0.2) is 0 Å². The van der Waals surface area contributed by atoms with Crippen molar-refractivity contribution < 1.29 is 0 Å². The summed E-state index contributed by atoms with van der Waals surface area (Å²) in [6.07, 6.45) is 0. The van der Waals surface area contributed by atoms with Crippen LogP contribution in [-0.4, -0.2) is 26.5 Å². The minimum absolute atomic E-state index is 0.365. The van der Waals surface area contributed by atoms with Crippen LogP contribution in [0.3, 0.4) is 0 Å². The number of rotatable bonds is 2. The fourth-order valence-corrected chi connectivity index (χ4v) is 17.4. The Kier molecular flexibility index (Phi) is 5.25. The van der Waals surface area contributed by atoms with E-state index in [-0.39, 0.29) is 0 Å². The van der Waals surface area contributed by atoms with E-state index >= 15 is 0 Å². The normalized spacial score (nSPS) is 16.3. The van der Waals surface area contributed by atoms with Gasteiger partial charge in [-0.15, -0.1) is 0 Å². The van der Waals surface area contributed by atoms with E-state index in [0.717, 1.165) is 0 Å². The summed E-state index contributed by atoms with van der Waals surface area (Å²) in [5, 5.41) is 0.459. The molecule has 17 heavy (non-hydrogen) atoms. The Morgan fingerprint density at radius 1 is 0.882 bits per heavy atom. The van der Waals surface area contributed by atoms with Crippen molar-refractivity contribution >= 4 is 26.5 Å². The summed E-state index contributed by atoms with van der Waals surface area (Å²) in [4.78, 5) is 7.66. The zero-order valence-electron chi connectivity index (χ0n) is 14.1. The predicted molar refractivity (Wildman–Crippen MR) is 88.1 cm³/mol. The van der Waals surface area contributed by atoms with Crippen LogP contribution in [0.4, 0.5) is 0 Å². The van der Waals surface area contributed by atoms with E-state index in [4.69, 9.17) is 0 Å². The van der Waals surface area contributed by atoms with Crippen LogP contribution in [0.1, 0.15) is 41.5 Å². The van der Waals surface area contributed by atoms with E-state index in [0.29, 0.717) is 10.5 Å². The molecule has 0 spiro atoms. The molecule has 0 saturated heterocycles. The quantitative estimate of drug-likeness (QED) is 0.539. The first-order valence-electron chi connectivity index (χ1n) is 6.83. The van der Waals surface area contributed by atoms with Crippen LogP contribution >= 0.6 is 0 Å². The second kappa shape index (κ2) is 5.03. The monoisotopic (exact) mass is 362 g/mol. The molecule has 0 radical (unpaired) electrons. The second-order valence-corrected chi connectivity index (χ2v) is 28.6. The third kappa shape index (κ3) is 5.10. The Balaban J connectivity index is 5.67. The summed E-state index contributed by atoms with van der Waals surface area (Å²) in [7, 11) is -1.30. The molecule has 0 saturated carbocycles. The van der Waals surface area contributed by atoms with E-state index in [1.807, 2.05) is 3.59 Å². The molecule has 0 amide bonds. The molecule has 0 aliphatic rings. The number of allylic oxidation sites excluding steroid dienone is 1. The van der Waals surface area contributed by atoms with Gasteiger partial charge in [0.2, 0.25) is 0 Å². The van der Waals surface area contributed by atoms with Crippen molar-refractivity contribution in [2.45, 2.75) is 74.5 Å². The fraction of sp³-hybridized carbons (Fsp3) is 0.867. The van der Waals surface area contributed by atoms with Gasteiger partial charge in [0.05, 0.1) is 0 Å². The van der Waals surface area contributed by atoms with Crippen LogP contribution in [0.25, 0.3) is 0 Å². The Morgan fingerprint density at radius 3 is 1.41 bits per heavy atom. The first-order valence-corrected chi connectivity index (χ1v) is 19.9. The molecular formula is C15H34SiSn. The van der Waals surface area contributed by atoms with Gasteiger partial charge in [-0.2, -0.15) is 0 Å². The van der Waals surface area contributed by atoms with Crippen molar-refractivity contribution in [1.82, 2.24) is 0 Å². The molecule has 0 rings (SSSR count). The van der Waals surface area contributed by atoms with Gasteiger partial charge in [-0.1, -0.05) is 0 Å². The van der Waals surface area contributed by atoms with Gasteiger partial charge in [0, 0.05) is 0 Å². The molecule has 0 nitrogen and oxygen atoms in total. The number of hydrogen-bond donors (Lipinski definition) is 0. The fourth-order valence-electron chi connectivity index (χ4n) is 2.14. The summed E-state index contributed by atoms with van der Waals surface area (Å²) >= 11 is -1.98. The summed E-state index contributed by atoms with van der Waals surface area (Å²) in [5.74, 6) is 0. The van der Waals surface area contributed by atoms with Crippen molar-refractivity contribution in [1.29, 1.82) is 0 Å². The first-order chi connectivity index (χ1) is 7.09. The van der Waals surface area contributed by atoms with Crippen LogP contribution in [-0.2, 0) is 0 Å². The zero-order chi connectivity index (χ0) is 14.3. The molecule has 0 aromatic rings. The van der Waals surface area contributed by atoms with E-state index in [9.17, 15) is 0 Å². The van der Waals surface area contributed by atoms with E-state index in [2.05, 4.69) is 75.2 Å². The van der Waals surface area contributed by atoms with Crippen LogP contribution in [0.15, 0.2) is 9.29 Å². The Morgan fingerprint density at radius 2 is 1.24 bits per heavy atom. The van der Waals surface area contributed by atoms with E-state index < -0.39 is 26.5 Å². The molecule has 0 bridgehead atoms. The average molecular weight is 361 g/mol. The molecule has 0 heterocycles. The third-order valence-electron chi connectivity index (χ3n) is 4.05. The standard InChI is InChI=1S/C12H25Si.3CH3.Sn/c1-11(2,3)9-10-13(7,8)12(4,5)6;;;;/h10H,1-8H3;3*1H3;. The molecule has 0 N–H and O–H groups in total. The van der Waals surface area contributed by atoms with Crippen LogP contribution < -0.4 is 0 Å². The Labute approximate surface area is 115 Å². The predicted octanol–water partition coefficient (Wildman–Crippen LogP) is 5.88. The molecule has 0 aliphatic heterocycles. The van der Waals surface area contributed by atoms with Gasteiger partial charge < -0.3 is 0 Å².